The summed E-state index contributed by atoms with van der Waals surface area (Å²) in [5.41, 5.74) is 1.95. The zero-order valence-electron chi connectivity index (χ0n) is 10.1. The van der Waals surface area contributed by atoms with Crippen LogP contribution in [0.1, 0.15) is 18.2 Å². The van der Waals surface area contributed by atoms with E-state index in [0.717, 1.165) is 11.4 Å². The summed E-state index contributed by atoms with van der Waals surface area (Å²) >= 11 is 6.16. The van der Waals surface area contributed by atoms with Gasteiger partial charge in [-0.1, -0.05) is 18.5 Å². The van der Waals surface area contributed by atoms with Gasteiger partial charge in [0.05, 0.1) is 18.5 Å². The second kappa shape index (κ2) is 5.11. The molecule has 0 amide bonds. The van der Waals surface area contributed by atoms with Gasteiger partial charge in [-0.05, 0) is 30.7 Å². The highest BCUT2D eigenvalue weighted by atomic mass is 35.5. The standard InChI is InChI=1S/C13H12ClN3O/c1-3-12-11(8-15)13(14)17(16-12)9-4-6-10(18-2)7-5-9/h4-7H,3H2,1-2H3. The van der Waals surface area contributed by atoms with Crippen molar-refractivity contribution in [3.63, 3.8) is 0 Å². The van der Waals surface area contributed by atoms with Gasteiger partial charge in [0.2, 0.25) is 0 Å². The quantitative estimate of drug-likeness (QED) is 0.853. The lowest BCUT2D eigenvalue weighted by atomic mass is 10.2. The Hall–Kier alpha value is -1.99. The first-order valence-corrected chi connectivity index (χ1v) is 5.91. The lowest BCUT2D eigenvalue weighted by molar-refractivity contribution is 0.414. The minimum Gasteiger partial charge on any atom is -0.497 e. The Morgan fingerprint density at radius 3 is 2.50 bits per heavy atom. The van der Waals surface area contributed by atoms with Gasteiger partial charge in [-0.3, -0.25) is 0 Å². The number of halogens is 1. The molecule has 0 bridgehead atoms. The van der Waals surface area contributed by atoms with Crippen LogP contribution < -0.4 is 4.74 Å². The van der Waals surface area contributed by atoms with E-state index in [9.17, 15) is 0 Å². The second-order valence-corrected chi connectivity index (χ2v) is 4.05. The van der Waals surface area contributed by atoms with Crippen LogP contribution in [-0.4, -0.2) is 16.9 Å². The SMILES string of the molecule is CCc1nn(-c2ccc(OC)cc2)c(Cl)c1C#N. The maximum Gasteiger partial charge on any atom is 0.150 e. The van der Waals surface area contributed by atoms with Crippen LogP contribution in [-0.2, 0) is 6.42 Å². The summed E-state index contributed by atoms with van der Waals surface area (Å²) in [5.74, 6) is 0.762. The Kier molecular flexibility index (Phi) is 3.54. The highest BCUT2D eigenvalue weighted by Crippen LogP contribution is 2.24. The van der Waals surface area contributed by atoms with Crippen molar-refractivity contribution < 1.29 is 4.74 Å². The van der Waals surface area contributed by atoms with Crippen molar-refractivity contribution in [1.29, 1.82) is 5.26 Å². The molecular formula is C13H12ClN3O. The first-order chi connectivity index (χ1) is 8.71. The van der Waals surface area contributed by atoms with Gasteiger partial charge in [0.1, 0.15) is 17.4 Å². The average molecular weight is 262 g/mol. The fraction of sp³-hybridized carbons (Fsp3) is 0.231. The third-order valence-corrected chi connectivity index (χ3v) is 3.01. The summed E-state index contributed by atoms with van der Waals surface area (Å²) in [5, 5.41) is 13.8. The molecule has 4 nitrogen and oxygen atoms in total. The van der Waals surface area contributed by atoms with Gasteiger partial charge in [0.25, 0.3) is 0 Å². The first kappa shape index (κ1) is 12.5. The number of ether oxygens (including phenoxy) is 1. The van der Waals surface area contributed by atoms with E-state index >= 15 is 0 Å². The Bertz CT molecular complexity index is 596. The van der Waals surface area contributed by atoms with E-state index < -0.39 is 0 Å². The predicted octanol–water partition coefficient (Wildman–Crippen LogP) is 2.97. The molecule has 2 aromatic rings. The van der Waals surface area contributed by atoms with E-state index in [1.165, 1.54) is 0 Å². The van der Waals surface area contributed by atoms with Gasteiger partial charge in [-0.25, -0.2) is 4.68 Å². The fourth-order valence-corrected chi connectivity index (χ4v) is 1.98. The first-order valence-electron chi connectivity index (χ1n) is 5.53. The molecule has 5 heteroatoms. The van der Waals surface area contributed by atoms with E-state index in [0.29, 0.717) is 22.8 Å². The number of hydrogen-bond acceptors (Lipinski definition) is 3. The van der Waals surface area contributed by atoms with E-state index in [2.05, 4.69) is 11.2 Å². The molecule has 0 spiro atoms. The normalized spacial score (nSPS) is 10.1. The molecule has 0 saturated carbocycles. The molecule has 0 N–H and O–H groups in total. The lowest BCUT2D eigenvalue weighted by Crippen LogP contribution is -1.97. The average Bonchev–Trinajstić information content (AvgIpc) is 2.75. The molecule has 92 valence electrons. The predicted molar refractivity (Wildman–Crippen MR) is 69.2 cm³/mol. The van der Waals surface area contributed by atoms with Gasteiger partial charge < -0.3 is 4.74 Å². The number of aryl methyl sites for hydroxylation is 1. The summed E-state index contributed by atoms with van der Waals surface area (Å²) in [6, 6.07) is 9.43. The highest BCUT2D eigenvalue weighted by molar-refractivity contribution is 6.31. The Morgan fingerprint density at radius 2 is 2.06 bits per heavy atom. The van der Waals surface area contributed by atoms with Crippen LogP contribution in [0.4, 0.5) is 0 Å². The number of hydrogen-bond donors (Lipinski definition) is 0. The van der Waals surface area contributed by atoms with Crippen molar-refractivity contribution in [2.75, 3.05) is 7.11 Å². The third-order valence-electron chi connectivity index (χ3n) is 2.67. The van der Waals surface area contributed by atoms with Gasteiger partial charge in [-0.2, -0.15) is 10.4 Å². The number of aromatic nitrogens is 2. The largest absolute Gasteiger partial charge is 0.497 e. The number of nitrogens with zero attached hydrogens (tertiary/aromatic N) is 3. The molecule has 0 aliphatic rings. The molecule has 0 unspecified atom stereocenters. The van der Waals surface area contributed by atoms with Gasteiger partial charge >= 0.3 is 0 Å². The van der Waals surface area contributed by atoms with Crippen LogP contribution in [0, 0.1) is 11.3 Å². The van der Waals surface area contributed by atoms with E-state index in [1.807, 2.05) is 31.2 Å². The molecule has 18 heavy (non-hydrogen) atoms. The Balaban J connectivity index is 2.50. The summed E-state index contributed by atoms with van der Waals surface area (Å²) in [4.78, 5) is 0. The van der Waals surface area contributed by atoms with Gasteiger partial charge in [-0.15, -0.1) is 0 Å². The fourth-order valence-electron chi connectivity index (χ4n) is 1.69. The maximum absolute atomic E-state index is 9.07. The monoisotopic (exact) mass is 261 g/mol. The molecule has 2 rings (SSSR count). The minimum atomic E-state index is 0.347. The van der Waals surface area contributed by atoms with Crippen molar-refractivity contribution >= 4 is 11.6 Å². The lowest BCUT2D eigenvalue weighted by Gasteiger charge is -2.04. The molecule has 0 aliphatic carbocycles. The maximum atomic E-state index is 9.07. The molecule has 0 radical (unpaired) electrons. The highest BCUT2D eigenvalue weighted by Gasteiger charge is 2.15. The molecule has 1 aromatic heterocycles. The summed E-state index contributed by atoms with van der Waals surface area (Å²) in [6.45, 7) is 1.94. The molecule has 0 saturated heterocycles. The molecule has 0 atom stereocenters. The zero-order chi connectivity index (χ0) is 13.1. The van der Waals surface area contributed by atoms with Crippen molar-refractivity contribution in [1.82, 2.24) is 9.78 Å². The molecule has 0 aliphatic heterocycles. The summed E-state index contributed by atoms with van der Waals surface area (Å²) in [6.07, 6.45) is 0.672. The van der Waals surface area contributed by atoms with E-state index in [-0.39, 0.29) is 0 Å². The molecule has 0 fully saturated rings. The van der Waals surface area contributed by atoms with Crippen molar-refractivity contribution in [3.05, 3.63) is 40.7 Å². The molecule has 1 aromatic carbocycles. The Labute approximate surface area is 110 Å². The van der Waals surface area contributed by atoms with Crippen molar-refractivity contribution in [2.45, 2.75) is 13.3 Å². The van der Waals surface area contributed by atoms with Gasteiger partial charge in [0, 0.05) is 0 Å². The van der Waals surface area contributed by atoms with Crippen LogP contribution in [0.3, 0.4) is 0 Å². The van der Waals surface area contributed by atoms with Crippen LogP contribution >= 0.6 is 11.6 Å². The second-order valence-electron chi connectivity index (χ2n) is 3.69. The van der Waals surface area contributed by atoms with Crippen LogP contribution in [0.2, 0.25) is 5.15 Å². The van der Waals surface area contributed by atoms with E-state index in [4.69, 9.17) is 21.6 Å². The number of methoxy groups -OCH3 is 1. The smallest absolute Gasteiger partial charge is 0.150 e. The number of nitriles is 1. The van der Waals surface area contributed by atoms with Crippen molar-refractivity contribution in [2.24, 2.45) is 0 Å². The molecule has 1 heterocycles. The molecular weight excluding hydrogens is 250 g/mol. The van der Waals surface area contributed by atoms with Crippen LogP contribution in [0.5, 0.6) is 5.75 Å². The Morgan fingerprint density at radius 1 is 1.39 bits per heavy atom. The van der Waals surface area contributed by atoms with Crippen molar-refractivity contribution in [3.8, 4) is 17.5 Å². The van der Waals surface area contributed by atoms with Crippen LogP contribution in [0.25, 0.3) is 5.69 Å². The summed E-state index contributed by atoms with van der Waals surface area (Å²) in [7, 11) is 1.61. The number of rotatable bonds is 3. The summed E-state index contributed by atoms with van der Waals surface area (Å²) < 4.78 is 6.66. The van der Waals surface area contributed by atoms with Crippen LogP contribution in [0.15, 0.2) is 24.3 Å². The third kappa shape index (κ3) is 2.05. The van der Waals surface area contributed by atoms with Gasteiger partial charge in [0.15, 0.2) is 5.15 Å². The minimum absolute atomic E-state index is 0.347. The zero-order valence-corrected chi connectivity index (χ0v) is 10.9. The number of benzene rings is 1. The topological polar surface area (TPSA) is 50.8 Å². The van der Waals surface area contributed by atoms with E-state index in [1.54, 1.807) is 11.8 Å².